The van der Waals surface area contributed by atoms with Gasteiger partial charge in [-0.2, -0.15) is 5.10 Å². The summed E-state index contributed by atoms with van der Waals surface area (Å²) in [6.45, 7) is 4.90. The number of methoxy groups -OCH3 is 2. The Bertz CT molecular complexity index is 334. The molecule has 1 heterocycles. The average molecular weight is 242 g/mol. The van der Waals surface area contributed by atoms with E-state index in [1.54, 1.807) is 0 Å². The van der Waals surface area contributed by atoms with Crippen molar-refractivity contribution in [2.45, 2.75) is 45.6 Å². The number of aliphatic hydroxyl groups excluding tert-OH is 1. The van der Waals surface area contributed by atoms with Crippen molar-refractivity contribution in [3.8, 4) is 0 Å². The van der Waals surface area contributed by atoms with Gasteiger partial charge in [0.25, 0.3) is 0 Å². The summed E-state index contributed by atoms with van der Waals surface area (Å²) in [5, 5.41) is 14.4. The van der Waals surface area contributed by atoms with Gasteiger partial charge < -0.3 is 14.6 Å². The molecule has 5 nitrogen and oxygen atoms in total. The number of hydrogen-bond acceptors (Lipinski definition) is 4. The minimum absolute atomic E-state index is 0.479. The van der Waals surface area contributed by atoms with Crippen LogP contribution in [0.3, 0.4) is 0 Å². The molecule has 0 bridgehead atoms. The lowest BCUT2D eigenvalue weighted by atomic mass is 10.1. The van der Waals surface area contributed by atoms with E-state index in [9.17, 15) is 5.11 Å². The Labute approximate surface area is 102 Å². The van der Waals surface area contributed by atoms with Crippen LogP contribution in [-0.2, 0) is 28.9 Å². The molecular formula is C12H22N2O3. The standard InChI is InChI=1S/C12H22N2O3/c1-5-9-7-10(14(6-2)13-9)8-11(15)12(16-3)17-4/h7,11-12,15H,5-6,8H2,1-4H3. The first-order valence-electron chi connectivity index (χ1n) is 5.95. The molecule has 0 saturated heterocycles. The van der Waals surface area contributed by atoms with E-state index in [4.69, 9.17) is 9.47 Å². The normalized spacial score (nSPS) is 13.3. The van der Waals surface area contributed by atoms with Gasteiger partial charge in [0, 0.05) is 32.9 Å². The lowest BCUT2D eigenvalue weighted by Gasteiger charge is -2.19. The summed E-state index contributed by atoms with van der Waals surface area (Å²) in [6, 6.07) is 2.02. The largest absolute Gasteiger partial charge is 0.387 e. The van der Waals surface area contributed by atoms with E-state index >= 15 is 0 Å². The summed E-state index contributed by atoms with van der Waals surface area (Å²) in [5.74, 6) is 0. The Balaban J connectivity index is 2.75. The second kappa shape index (κ2) is 6.74. The van der Waals surface area contributed by atoms with Gasteiger partial charge in [-0.1, -0.05) is 6.92 Å². The summed E-state index contributed by atoms with van der Waals surface area (Å²) in [7, 11) is 3.04. The van der Waals surface area contributed by atoms with Gasteiger partial charge in [0.1, 0.15) is 6.10 Å². The molecule has 5 heteroatoms. The number of aryl methyl sites for hydroxylation is 2. The van der Waals surface area contributed by atoms with Crippen molar-refractivity contribution in [2.24, 2.45) is 0 Å². The molecule has 0 aromatic carbocycles. The fourth-order valence-corrected chi connectivity index (χ4v) is 1.85. The SMILES string of the molecule is CCc1cc(CC(O)C(OC)OC)n(CC)n1. The molecule has 0 aliphatic rings. The van der Waals surface area contributed by atoms with E-state index in [1.165, 1.54) is 14.2 Å². The predicted molar refractivity (Wildman–Crippen MR) is 64.8 cm³/mol. The summed E-state index contributed by atoms with van der Waals surface area (Å²) in [6.07, 6.45) is 0.0957. The van der Waals surface area contributed by atoms with E-state index in [2.05, 4.69) is 12.0 Å². The first-order chi connectivity index (χ1) is 8.15. The molecule has 0 aliphatic carbocycles. The van der Waals surface area contributed by atoms with Crippen molar-refractivity contribution in [1.82, 2.24) is 9.78 Å². The number of ether oxygens (including phenoxy) is 2. The van der Waals surface area contributed by atoms with Crippen LogP contribution in [0.4, 0.5) is 0 Å². The Morgan fingerprint density at radius 2 is 2.00 bits per heavy atom. The maximum absolute atomic E-state index is 9.97. The van der Waals surface area contributed by atoms with Gasteiger partial charge in [0.2, 0.25) is 0 Å². The van der Waals surface area contributed by atoms with Gasteiger partial charge >= 0.3 is 0 Å². The van der Waals surface area contributed by atoms with Crippen molar-refractivity contribution < 1.29 is 14.6 Å². The summed E-state index contributed by atoms with van der Waals surface area (Å²) < 4.78 is 12.0. The van der Waals surface area contributed by atoms with Crippen LogP contribution < -0.4 is 0 Å². The Morgan fingerprint density at radius 1 is 1.35 bits per heavy atom. The number of hydrogen-bond donors (Lipinski definition) is 1. The first-order valence-corrected chi connectivity index (χ1v) is 5.95. The molecule has 0 fully saturated rings. The third-order valence-electron chi connectivity index (χ3n) is 2.77. The molecule has 0 radical (unpaired) electrons. The molecule has 1 rings (SSSR count). The highest BCUT2D eigenvalue weighted by molar-refractivity contribution is 5.11. The maximum atomic E-state index is 9.97. The van der Waals surface area contributed by atoms with E-state index in [0.29, 0.717) is 6.42 Å². The maximum Gasteiger partial charge on any atom is 0.183 e. The summed E-state index contributed by atoms with van der Waals surface area (Å²) in [5.41, 5.74) is 2.05. The second-order valence-electron chi connectivity index (χ2n) is 3.91. The fourth-order valence-electron chi connectivity index (χ4n) is 1.85. The van der Waals surface area contributed by atoms with Crippen LogP contribution in [0, 0.1) is 0 Å². The molecule has 1 unspecified atom stereocenters. The zero-order valence-electron chi connectivity index (χ0n) is 11.0. The topological polar surface area (TPSA) is 56.5 Å². The van der Waals surface area contributed by atoms with Gasteiger partial charge in [-0.3, -0.25) is 4.68 Å². The van der Waals surface area contributed by atoms with Crippen molar-refractivity contribution in [3.05, 3.63) is 17.5 Å². The van der Waals surface area contributed by atoms with Crippen molar-refractivity contribution in [3.63, 3.8) is 0 Å². The van der Waals surface area contributed by atoms with Crippen LogP contribution in [0.25, 0.3) is 0 Å². The Morgan fingerprint density at radius 3 is 2.47 bits per heavy atom. The zero-order chi connectivity index (χ0) is 12.8. The van der Waals surface area contributed by atoms with E-state index in [1.807, 2.05) is 17.7 Å². The lowest BCUT2D eigenvalue weighted by molar-refractivity contribution is -0.163. The minimum Gasteiger partial charge on any atom is -0.387 e. The number of rotatable bonds is 7. The number of aliphatic hydroxyl groups is 1. The molecule has 0 spiro atoms. The van der Waals surface area contributed by atoms with Crippen molar-refractivity contribution in [1.29, 1.82) is 0 Å². The van der Waals surface area contributed by atoms with Crippen LogP contribution in [0.5, 0.6) is 0 Å². The molecule has 1 aromatic rings. The average Bonchev–Trinajstić information content (AvgIpc) is 2.73. The number of nitrogens with zero attached hydrogens (tertiary/aromatic N) is 2. The Hall–Kier alpha value is -0.910. The van der Waals surface area contributed by atoms with E-state index < -0.39 is 12.4 Å². The highest BCUT2D eigenvalue weighted by atomic mass is 16.7. The predicted octanol–water partition coefficient (Wildman–Crippen LogP) is 0.988. The third kappa shape index (κ3) is 3.52. The molecule has 17 heavy (non-hydrogen) atoms. The molecule has 0 amide bonds. The Kier molecular flexibility index (Phi) is 5.61. The second-order valence-corrected chi connectivity index (χ2v) is 3.91. The first kappa shape index (κ1) is 14.2. The van der Waals surface area contributed by atoms with Crippen molar-refractivity contribution in [2.75, 3.05) is 14.2 Å². The smallest absolute Gasteiger partial charge is 0.183 e. The number of aromatic nitrogens is 2. The minimum atomic E-state index is -0.684. The monoisotopic (exact) mass is 242 g/mol. The molecular weight excluding hydrogens is 220 g/mol. The van der Waals surface area contributed by atoms with Crippen LogP contribution >= 0.6 is 0 Å². The molecule has 0 aliphatic heterocycles. The van der Waals surface area contributed by atoms with Crippen LogP contribution in [0.15, 0.2) is 6.07 Å². The van der Waals surface area contributed by atoms with Crippen LogP contribution in [0.2, 0.25) is 0 Å². The van der Waals surface area contributed by atoms with Gasteiger partial charge in [-0.05, 0) is 19.4 Å². The fraction of sp³-hybridized carbons (Fsp3) is 0.750. The highest BCUT2D eigenvalue weighted by Gasteiger charge is 2.20. The molecule has 0 saturated carbocycles. The van der Waals surface area contributed by atoms with Gasteiger partial charge in [-0.25, -0.2) is 0 Å². The van der Waals surface area contributed by atoms with Gasteiger partial charge in [-0.15, -0.1) is 0 Å². The van der Waals surface area contributed by atoms with E-state index in [-0.39, 0.29) is 0 Å². The molecule has 1 aromatic heterocycles. The quantitative estimate of drug-likeness (QED) is 0.724. The van der Waals surface area contributed by atoms with Crippen molar-refractivity contribution >= 4 is 0 Å². The zero-order valence-corrected chi connectivity index (χ0v) is 11.0. The van der Waals surface area contributed by atoms with Crippen LogP contribution in [-0.4, -0.2) is 41.5 Å². The molecule has 1 N–H and O–H groups in total. The molecule has 98 valence electrons. The lowest BCUT2D eigenvalue weighted by Crippen LogP contribution is -2.32. The van der Waals surface area contributed by atoms with Crippen LogP contribution in [0.1, 0.15) is 25.2 Å². The highest BCUT2D eigenvalue weighted by Crippen LogP contribution is 2.11. The van der Waals surface area contributed by atoms with E-state index in [0.717, 1.165) is 24.4 Å². The van der Waals surface area contributed by atoms with Gasteiger partial charge in [0.05, 0.1) is 5.69 Å². The molecule has 1 atom stereocenters. The summed E-state index contributed by atoms with van der Waals surface area (Å²) >= 11 is 0. The third-order valence-corrected chi connectivity index (χ3v) is 2.77. The van der Waals surface area contributed by atoms with Gasteiger partial charge in [0.15, 0.2) is 6.29 Å². The summed E-state index contributed by atoms with van der Waals surface area (Å²) in [4.78, 5) is 0.